The van der Waals surface area contributed by atoms with Crippen molar-refractivity contribution in [1.82, 2.24) is 14.9 Å². The number of amides is 1. The molecule has 4 rings (SSSR count). The predicted molar refractivity (Wildman–Crippen MR) is 123 cm³/mol. The highest BCUT2D eigenvalue weighted by Crippen LogP contribution is 2.45. The van der Waals surface area contributed by atoms with Gasteiger partial charge in [-0.1, -0.05) is 6.58 Å². The zero-order valence-corrected chi connectivity index (χ0v) is 17.9. The standard InChI is InChI=1S/C23H30N6O2/c1-3-17-6-7-18(13-25-17)26-20-12-19(24)23(27-22(20)16-4-5-16)28-9-10-29(15(2)14-28)21(31)8-11-30/h3,6-7,12-13,15-16,26,30H,1,4-5,8-11,14,24H2,2H3/t15-/m1/s1. The molecule has 2 aromatic heterocycles. The van der Waals surface area contributed by atoms with Gasteiger partial charge in [-0.25, -0.2) is 4.98 Å². The van der Waals surface area contributed by atoms with Gasteiger partial charge in [-0.3, -0.25) is 9.78 Å². The Labute approximate surface area is 182 Å². The molecule has 2 aliphatic rings. The fourth-order valence-electron chi connectivity index (χ4n) is 4.07. The molecule has 8 nitrogen and oxygen atoms in total. The van der Waals surface area contributed by atoms with E-state index in [1.165, 1.54) is 0 Å². The van der Waals surface area contributed by atoms with Crippen LogP contribution in [0.2, 0.25) is 0 Å². The molecule has 2 fully saturated rings. The number of aliphatic hydroxyl groups is 1. The summed E-state index contributed by atoms with van der Waals surface area (Å²) in [5, 5.41) is 12.5. The highest BCUT2D eigenvalue weighted by Gasteiger charge is 2.32. The van der Waals surface area contributed by atoms with Gasteiger partial charge in [0.05, 0.1) is 41.3 Å². The molecule has 1 saturated heterocycles. The van der Waals surface area contributed by atoms with Crippen LogP contribution >= 0.6 is 0 Å². The van der Waals surface area contributed by atoms with Gasteiger partial charge in [0.25, 0.3) is 0 Å². The van der Waals surface area contributed by atoms with Crippen LogP contribution in [0.15, 0.2) is 31.0 Å². The lowest BCUT2D eigenvalue weighted by molar-refractivity contribution is -0.134. The molecule has 0 unspecified atom stereocenters. The number of piperazine rings is 1. The monoisotopic (exact) mass is 422 g/mol. The van der Waals surface area contributed by atoms with Gasteiger partial charge in [-0.15, -0.1) is 0 Å². The average Bonchev–Trinajstić information content (AvgIpc) is 3.60. The molecule has 3 heterocycles. The zero-order valence-electron chi connectivity index (χ0n) is 17.9. The van der Waals surface area contributed by atoms with Gasteiger partial charge in [0.15, 0.2) is 5.82 Å². The number of pyridine rings is 2. The number of carbonyl (C=O) groups excluding carboxylic acids is 1. The van der Waals surface area contributed by atoms with Crippen LogP contribution in [0.4, 0.5) is 22.9 Å². The SMILES string of the molecule is C=Cc1ccc(Nc2cc(N)c(N3CCN(C(=O)CCO)[C@H](C)C3)nc2C2CC2)cn1. The van der Waals surface area contributed by atoms with E-state index in [0.717, 1.165) is 41.4 Å². The van der Waals surface area contributed by atoms with Crippen LogP contribution in [0, 0.1) is 0 Å². The van der Waals surface area contributed by atoms with Crippen LogP contribution in [-0.2, 0) is 4.79 Å². The Hall–Kier alpha value is -3.13. The maximum atomic E-state index is 12.2. The molecule has 1 aliphatic heterocycles. The Bertz CT molecular complexity index is 957. The first-order valence-corrected chi connectivity index (χ1v) is 10.8. The molecular weight excluding hydrogens is 392 g/mol. The van der Waals surface area contributed by atoms with Gasteiger partial charge in [-0.05, 0) is 44.0 Å². The summed E-state index contributed by atoms with van der Waals surface area (Å²) in [6, 6.07) is 5.88. The first-order valence-electron chi connectivity index (χ1n) is 10.8. The van der Waals surface area contributed by atoms with Crippen LogP contribution in [0.5, 0.6) is 0 Å². The lowest BCUT2D eigenvalue weighted by Crippen LogP contribution is -2.54. The van der Waals surface area contributed by atoms with Crippen LogP contribution < -0.4 is 16.0 Å². The van der Waals surface area contributed by atoms with Crippen molar-refractivity contribution in [3.63, 3.8) is 0 Å². The molecule has 31 heavy (non-hydrogen) atoms. The van der Waals surface area contributed by atoms with E-state index >= 15 is 0 Å². The normalized spacial score (nSPS) is 18.7. The van der Waals surface area contributed by atoms with E-state index in [-0.39, 0.29) is 25.0 Å². The topological polar surface area (TPSA) is 108 Å². The van der Waals surface area contributed by atoms with E-state index in [4.69, 9.17) is 15.8 Å². The summed E-state index contributed by atoms with van der Waals surface area (Å²) in [6.07, 6.45) is 5.91. The number of aliphatic hydroxyl groups excluding tert-OH is 1. The highest BCUT2D eigenvalue weighted by atomic mass is 16.3. The second-order valence-electron chi connectivity index (χ2n) is 8.26. The second kappa shape index (κ2) is 8.93. The first kappa shape index (κ1) is 21.1. The predicted octanol–water partition coefficient (Wildman–Crippen LogP) is 2.74. The van der Waals surface area contributed by atoms with Crippen molar-refractivity contribution in [2.24, 2.45) is 0 Å². The molecule has 164 valence electrons. The minimum atomic E-state index is -0.120. The number of hydrogen-bond acceptors (Lipinski definition) is 7. The van der Waals surface area contributed by atoms with Crippen molar-refractivity contribution < 1.29 is 9.90 Å². The zero-order chi connectivity index (χ0) is 22.0. The molecule has 0 radical (unpaired) electrons. The fraction of sp³-hybridized carbons (Fsp3) is 0.435. The minimum Gasteiger partial charge on any atom is -0.396 e. The summed E-state index contributed by atoms with van der Waals surface area (Å²) >= 11 is 0. The number of carbonyl (C=O) groups is 1. The van der Waals surface area contributed by atoms with Crippen molar-refractivity contribution in [1.29, 1.82) is 0 Å². The molecule has 4 N–H and O–H groups in total. The Morgan fingerprint density at radius 1 is 1.39 bits per heavy atom. The van der Waals surface area contributed by atoms with Crippen molar-refractivity contribution in [2.75, 3.05) is 42.2 Å². The fourth-order valence-corrected chi connectivity index (χ4v) is 4.07. The van der Waals surface area contributed by atoms with Crippen LogP contribution in [0.1, 0.15) is 43.5 Å². The Morgan fingerprint density at radius 3 is 2.81 bits per heavy atom. The summed E-state index contributed by atoms with van der Waals surface area (Å²) in [5.41, 5.74) is 10.7. The van der Waals surface area contributed by atoms with E-state index in [1.807, 2.05) is 30.0 Å². The summed E-state index contributed by atoms with van der Waals surface area (Å²) in [7, 11) is 0. The Kier molecular flexibility index (Phi) is 6.08. The maximum absolute atomic E-state index is 12.2. The number of aromatic nitrogens is 2. The number of rotatable bonds is 7. The number of hydrogen-bond donors (Lipinski definition) is 3. The summed E-state index contributed by atoms with van der Waals surface area (Å²) in [4.78, 5) is 25.6. The third kappa shape index (κ3) is 4.64. The molecule has 1 saturated carbocycles. The smallest absolute Gasteiger partial charge is 0.225 e. The number of nitrogens with two attached hydrogens (primary N) is 1. The lowest BCUT2D eigenvalue weighted by Gasteiger charge is -2.41. The quantitative estimate of drug-likeness (QED) is 0.630. The van der Waals surface area contributed by atoms with Gasteiger partial charge < -0.3 is 26.0 Å². The van der Waals surface area contributed by atoms with E-state index in [9.17, 15) is 4.79 Å². The first-order chi connectivity index (χ1) is 15.0. The Morgan fingerprint density at radius 2 is 2.19 bits per heavy atom. The number of nitrogen functional groups attached to an aromatic ring is 1. The molecule has 8 heteroatoms. The van der Waals surface area contributed by atoms with Crippen LogP contribution in [-0.4, -0.2) is 58.2 Å². The average molecular weight is 423 g/mol. The Balaban J connectivity index is 1.55. The largest absolute Gasteiger partial charge is 0.396 e. The van der Waals surface area contributed by atoms with Crippen molar-refractivity contribution in [3.05, 3.63) is 42.4 Å². The highest BCUT2D eigenvalue weighted by molar-refractivity contribution is 5.78. The van der Waals surface area contributed by atoms with Gasteiger partial charge in [-0.2, -0.15) is 0 Å². The molecule has 2 aromatic rings. The molecular formula is C23H30N6O2. The van der Waals surface area contributed by atoms with Crippen molar-refractivity contribution in [2.45, 2.75) is 38.1 Å². The third-order valence-corrected chi connectivity index (χ3v) is 5.87. The molecule has 0 aromatic carbocycles. The molecule has 0 spiro atoms. The minimum absolute atomic E-state index is 0.00937. The third-order valence-electron chi connectivity index (χ3n) is 5.87. The summed E-state index contributed by atoms with van der Waals surface area (Å²) in [6.45, 7) is 7.57. The molecule has 1 amide bonds. The molecule has 0 bridgehead atoms. The molecule has 1 aliphatic carbocycles. The van der Waals surface area contributed by atoms with E-state index in [1.54, 1.807) is 12.3 Å². The summed E-state index contributed by atoms with van der Waals surface area (Å²) in [5.74, 6) is 1.21. The second-order valence-corrected chi connectivity index (χ2v) is 8.26. The van der Waals surface area contributed by atoms with E-state index < -0.39 is 0 Å². The number of anilines is 4. The van der Waals surface area contributed by atoms with Gasteiger partial charge in [0, 0.05) is 38.0 Å². The number of nitrogens with zero attached hydrogens (tertiary/aromatic N) is 4. The van der Waals surface area contributed by atoms with Crippen molar-refractivity contribution in [3.8, 4) is 0 Å². The maximum Gasteiger partial charge on any atom is 0.225 e. The lowest BCUT2D eigenvalue weighted by atomic mass is 10.1. The van der Waals surface area contributed by atoms with Gasteiger partial charge in [0.2, 0.25) is 5.91 Å². The van der Waals surface area contributed by atoms with Crippen molar-refractivity contribution >= 4 is 34.9 Å². The van der Waals surface area contributed by atoms with Gasteiger partial charge in [0.1, 0.15) is 0 Å². The molecule has 1 atom stereocenters. The van der Waals surface area contributed by atoms with Gasteiger partial charge >= 0.3 is 0 Å². The summed E-state index contributed by atoms with van der Waals surface area (Å²) < 4.78 is 0. The van der Waals surface area contributed by atoms with Crippen LogP contribution in [0.25, 0.3) is 6.08 Å². The van der Waals surface area contributed by atoms with E-state index in [2.05, 4.69) is 21.8 Å². The number of nitrogens with one attached hydrogen (secondary N) is 1. The van der Waals surface area contributed by atoms with Crippen LogP contribution in [0.3, 0.4) is 0 Å². The van der Waals surface area contributed by atoms with E-state index in [0.29, 0.717) is 31.2 Å².